The first kappa shape index (κ1) is 11.2. The van der Waals surface area contributed by atoms with Crippen LogP contribution in [0.3, 0.4) is 0 Å². The minimum absolute atomic E-state index is 0.208. The van der Waals surface area contributed by atoms with E-state index >= 15 is 0 Å². The number of hydrogen-bond donors (Lipinski definition) is 0. The highest BCUT2D eigenvalue weighted by atomic mass is 16.5. The fourth-order valence-corrected chi connectivity index (χ4v) is 1.20. The molecule has 0 saturated carbocycles. The Bertz CT molecular complexity index is 394. The van der Waals surface area contributed by atoms with Gasteiger partial charge in [0.15, 0.2) is 6.29 Å². The SMILES string of the molecule is C=C(C(=O)OCC)c1ccccc1C=O. The molecule has 0 unspecified atom stereocenters. The fourth-order valence-electron chi connectivity index (χ4n) is 1.20. The molecular formula is C12H12O3. The summed E-state index contributed by atoms with van der Waals surface area (Å²) < 4.78 is 4.80. The van der Waals surface area contributed by atoms with Crippen LogP contribution in [0.25, 0.3) is 5.57 Å². The number of carbonyl (C=O) groups is 2. The maximum Gasteiger partial charge on any atom is 0.338 e. The first-order valence-corrected chi connectivity index (χ1v) is 4.61. The minimum Gasteiger partial charge on any atom is -0.462 e. The van der Waals surface area contributed by atoms with Gasteiger partial charge < -0.3 is 4.74 Å². The van der Waals surface area contributed by atoms with Gasteiger partial charge in [-0.15, -0.1) is 0 Å². The molecule has 0 bridgehead atoms. The summed E-state index contributed by atoms with van der Waals surface area (Å²) in [5, 5.41) is 0. The molecule has 0 radical (unpaired) electrons. The second kappa shape index (κ2) is 5.10. The predicted molar refractivity (Wildman–Crippen MR) is 57.5 cm³/mol. The first-order valence-electron chi connectivity index (χ1n) is 4.61. The molecule has 3 nitrogen and oxygen atoms in total. The van der Waals surface area contributed by atoms with Gasteiger partial charge in [-0.3, -0.25) is 4.79 Å². The van der Waals surface area contributed by atoms with Gasteiger partial charge in [-0.25, -0.2) is 4.79 Å². The van der Waals surface area contributed by atoms with Crippen LogP contribution < -0.4 is 0 Å². The van der Waals surface area contributed by atoms with Gasteiger partial charge in [0.05, 0.1) is 12.2 Å². The van der Waals surface area contributed by atoms with Crippen molar-refractivity contribution in [1.29, 1.82) is 0 Å². The molecular weight excluding hydrogens is 192 g/mol. The van der Waals surface area contributed by atoms with E-state index in [2.05, 4.69) is 6.58 Å². The molecule has 0 aliphatic carbocycles. The monoisotopic (exact) mass is 204 g/mol. The van der Waals surface area contributed by atoms with E-state index in [1.807, 2.05) is 0 Å². The van der Waals surface area contributed by atoms with Crippen molar-refractivity contribution in [2.45, 2.75) is 6.92 Å². The lowest BCUT2D eigenvalue weighted by molar-refractivity contribution is -0.136. The predicted octanol–water partition coefficient (Wildman–Crippen LogP) is 2.08. The van der Waals surface area contributed by atoms with Crippen molar-refractivity contribution >= 4 is 17.8 Å². The topological polar surface area (TPSA) is 43.4 Å². The molecule has 1 rings (SSSR count). The van der Waals surface area contributed by atoms with E-state index in [1.54, 1.807) is 31.2 Å². The quantitative estimate of drug-likeness (QED) is 0.428. The molecule has 0 aliphatic rings. The van der Waals surface area contributed by atoms with E-state index in [0.717, 1.165) is 0 Å². The molecule has 1 aromatic rings. The molecule has 3 heteroatoms. The minimum atomic E-state index is -0.494. The molecule has 0 amide bonds. The van der Waals surface area contributed by atoms with Crippen molar-refractivity contribution in [2.75, 3.05) is 6.61 Å². The number of hydrogen-bond acceptors (Lipinski definition) is 3. The number of rotatable bonds is 4. The lowest BCUT2D eigenvalue weighted by Crippen LogP contribution is -2.07. The number of carbonyl (C=O) groups excluding carboxylic acids is 2. The summed E-state index contributed by atoms with van der Waals surface area (Å²) in [7, 11) is 0. The summed E-state index contributed by atoms with van der Waals surface area (Å²) in [6, 6.07) is 6.77. The maximum atomic E-state index is 11.4. The normalized spacial score (nSPS) is 9.40. The van der Waals surface area contributed by atoms with Crippen molar-refractivity contribution in [3.05, 3.63) is 42.0 Å². The maximum absolute atomic E-state index is 11.4. The van der Waals surface area contributed by atoms with Gasteiger partial charge in [-0.05, 0) is 12.5 Å². The zero-order valence-electron chi connectivity index (χ0n) is 8.53. The molecule has 0 atom stereocenters. The van der Waals surface area contributed by atoms with Crippen LogP contribution in [0.15, 0.2) is 30.8 Å². The number of esters is 1. The molecule has 0 aromatic heterocycles. The van der Waals surface area contributed by atoms with Crippen LogP contribution in [0, 0.1) is 0 Å². The summed E-state index contributed by atoms with van der Waals surface area (Å²) in [5.74, 6) is -0.494. The Morgan fingerprint density at radius 3 is 2.73 bits per heavy atom. The Labute approximate surface area is 88.4 Å². The summed E-state index contributed by atoms with van der Waals surface area (Å²) in [6.07, 6.45) is 0.694. The molecule has 78 valence electrons. The van der Waals surface area contributed by atoms with Gasteiger partial charge in [0.2, 0.25) is 0 Å². The van der Waals surface area contributed by atoms with Crippen LogP contribution in [-0.2, 0) is 9.53 Å². The molecule has 0 fully saturated rings. The van der Waals surface area contributed by atoms with Crippen LogP contribution >= 0.6 is 0 Å². The zero-order valence-corrected chi connectivity index (χ0v) is 8.53. The fraction of sp³-hybridized carbons (Fsp3) is 0.167. The van der Waals surface area contributed by atoms with Crippen molar-refractivity contribution < 1.29 is 14.3 Å². The lowest BCUT2D eigenvalue weighted by Gasteiger charge is -2.06. The van der Waals surface area contributed by atoms with Gasteiger partial charge >= 0.3 is 5.97 Å². The van der Waals surface area contributed by atoms with Gasteiger partial charge in [0, 0.05) is 5.56 Å². The van der Waals surface area contributed by atoms with Gasteiger partial charge in [-0.2, -0.15) is 0 Å². The third kappa shape index (κ3) is 2.53. The van der Waals surface area contributed by atoms with Crippen LogP contribution in [0.1, 0.15) is 22.8 Å². The highest BCUT2D eigenvalue weighted by molar-refractivity contribution is 6.17. The van der Waals surface area contributed by atoms with Crippen LogP contribution in [0.4, 0.5) is 0 Å². The van der Waals surface area contributed by atoms with Crippen LogP contribution in [0.5, 0.6) is 0 Å². The van der Waals surface area contributed by atoms with E-state index in [-0.39, 0.29) is 5.57 Å². The Hall–Kier alpha value is -1.90. The standard InChI is InChI=1S/C12H12O3/c1-3-15-12(14)9(2)11-7-5-4-6-10(11)8-13/h4-8H,2-3H2,1H3. The molecule has 0 heterocycles. The van der Waals surface area contributed by atoms with Gasteiger partial charge in [0.25, 0.3) is 0 Å². The zero-order chi connectivity index (χ0) is 11.3. The Balaban J connectivity index is 3.00. The van der Waals surface area contributed by atoms with Crippen LogP contribution in [0.2, 0.25) is 0 Å². The lowest BCUT2D eigenvalue weighted by atomic mass is 10.0. The smallest absolute Gasteiger partial charge is 0.338 e. The van der Waals surface area contributed by atoms with Gasteiger partial charge in [-0.1, -0.05) is 30.8 Å². The molecule has 0 N–H and O–H groups in total. The van der Waals surface area contributed by atoms with E-state index in [4.69, 9.17) is 4.74 Å². The highest BCUT2D eigenvalue weighted by Crippen LogP contribution is 2.17. The van der Waals surface area contributed by atoms with E-state index < -0.39 is 5.97 Å². The van der Waals surface area contributed by atoms with E-state index in [1.165, 1.54) is 0 Å². The third-order valence-electron chi connectivity index (χ3n) is 1.93. The summed E-state index contributed by atoms with van der Waals surface area (Å²) >= 11 is 0. The molecule has 0 aliphatic heterocycles. The summed E-state index contributed by atoms with van der Waals surface area (Å²) in [5.41, 5.74) is 1.17. The van der Waals surface area contributed by atoms with Gasteiger partial charge in [0.1, 0.15) is 0 Å². The number of benzene rings is 1. The van der Waals surface area contributed by atoms with Crippen molar-refractivity contribution in [1.82, 2.24) is 0 Å². The molecule has 15 heavy (non-hydrogen) atoms. The Morgan fingerprint density at radius 1 is 1.47 bits per heavy atom. The number of aldehydes is 1. The molecule has 0 saturated heterocycles. The van der Waals surface area contributed by atoms with E-state index in [9.17, 15) is 9.59 Å². The van der Waals surface area contributed by atoms with Crippen LogP contribution in [-0.4, -0.2) is 18.9 Å². The van der Waals surface area contributed by atoms with Crippen molar-refractivity contribution in [2.24, 2.45) is 0 Å². The summed E-state index contributed by atoms with van der Waals surface area (Å²) in [6.45, 7) is 5.63. The van der Waals surface area contributed by atoms with E-state index in [0.29, 0.717) is 24.0 Å². The second-order valence-electron chi connectivity index (χ2n) is 2.90. The summed E-state index contributed by atoms with van der Waals surface area (Å²) in [4.78, 5) is 22.1. The third-order valence-corrected chi connectivity index (χ3v) is 1.93. The first-order chi connectivity index (χ1) is 7.20. The average Bonchev–Trinajstić information content (AvgIpc) is 2.28. The highest BCUT2D eigenvalue weighted by Gasteiger charge is 2.13. The number of ether oxygens (including phenoxy) is 1. The van der Waals surface area contributed by atoms with Crippen molar-refractivity contribution in [3.8, 4) is 0 Å². The largest absolute Gasteiger partial charge is 0.462 e. The van der Waals surface area contributed by atoms with Crippen molar-refractivity contribution in [3.63, 3.8) is 0 Å². The Kier molecular flexibility index (Phi) is 3.80. The molecule has 0 spiro atoms. The Morgan fingerprint density at radius 2 is 2.13 bits per heavy atom. The molecule has 1 aromatic carbocycles. The average molecular weight is 204 g/mol. The second-order valence-corrected chi connectivity index (χ2v) is 2.90.